The number of fused-ring (bicyclic) bond motifs is 1. The molecule has 0 saturated heterocycles. The van der Waals surface area contributed by atoms with Crippen molar-refractivity contribution in [1.29, 1.82) is 5.26 Å². The number of nitrogens with zero attached hydrogens (tertiary/aromatic N) is 5. The molecule has 0 saturated carbocycles. The molecule has 274 valence electrons. The number of methoxy groups -OCH3 is 2. The van der Waals surface area contributed by atoms with Crippen LogP contribution >= 0.6 is 8.53 Å². The number of H-pyrrole nitrogens is 1. The molecule has 0 aliphatic carbocycles. The van der Waals surface area contributed by atoms with E-state index in [-0.39, 0.29) is 49.7 Å². The molecule has 14 heteroatoms. The summed E-state index contributed by atoms with van der Waals surface area (Å²) in [5, 5.41) is 9.33. The lowest BCUT2D eigenvalue weighted by Gasteiger charge is -2.39. The van der Waals surface area contributed by atoms with Gasteiger partial charge in [-0.25, -0.2) is 9.65 Å². The number of aromatic nitrogens is 4. The van der Waals surface area contributed by atoms with Crippen molar-refractivity contribution in [2.24, 2.45) is 0 Å². The van der Waals surface area contributed by atoms with Crippen LogP contribution in [0.3, 0.4) is 0 Å². The first-order chi connectivity index (χ1) is 25.1. The van der Waals surface area contributed by atoms with E-state index in [1.54, 1.807) is 25.1 Å². The SMILES string of the molecule is COc1ccc(C(OC[C@@H](Cn2cnc3c(=O)[nH]c(N)nc32)OP(OCCC#N)N(C(C)C)C(C)C)(c2ccccc2)c2ccc(OC)cc2)cc1. The average Bonchev–Trinajstić information content (AvgIpc) is 3.54. The van der Waals surface area contributed by atoms with Gasteiger partial charge in [-0.2, -0.15) is 10.2 Å². The van der Waals surface area contributed by atoms with E-state index < -0.39 is 25.8 Å². The maximum atomic E-state index is 12.7. The van der Waals surface area contributed by atoms with Gasteiger partial charge in [0.05, 0.1) is 52.8 Å². The Kier molecular flexibility index (Phi) is 13.0. The van der Waals surface area contributed by atoms with Crippen LogP contribution in [0.5, 0.6) is 11.5 Å². The Balaban J connectivity index is 1.65. The first kappa shape index (κ1) is 38.4. The topological polar surface area (TPSA) is 163 Å². The van der Waals surface area contributed by atoms with Gasteiger partial charge in [-0.05, 0) is 68.7 Å². The Morgan fingerprint density at radius 3 is 2.04 bits per heavy atom. The average molecular weight is 728 g/mol. The van der Waals surface area contributed by atoms with E-state index in [1.807, 2.05) is 78.9 Å². The fraction of sp³-hybridized carbons (Fsp3) is 0.368. The summed E-state index contributed by atoms with van der Waals surface area (Å²) in [5.41, 5.74) is 7.46. The van der Waals surface area contributed by atoms with Crippen molar-refractivity contribution in [2.45, 2.75) is 64.4 Å². The summed E-state index contributed by atoms with van der Waals surface area (Å²) >= 11 is 0. The maximum Gasteiger partial charge on any atom is 0.280 e. The second-order valence-electron chi connectivity index (χ2n) is 12.6. The van der Waals surface area contributed by atoms with Crippen LogP contribution in [0.25, 0.3) is 11.2 Å². The molecule has 2 atom stereocenters. The Bertz CT molecular complexity index is 1920. The fourth-order valence-electron chi connectivity index (χ4n) is 6.15. The molecule has 5 rings (SSSR count). The minimum Gasteiger partial charge on any atom is -0.497 e. The number of nitrogens with two attached hydrogens (primary N) is 1. The molecule has 0 bridgehead atoms. The van der Waals surface area contributed by atoms with Crippen molar-refractivity contribution in [3.8, 4) is 17.6 Å². The number of hydrogen-bond donors (Lipinski definition) is 2. The normalized spacial score (nSPS) is 13.1. The van der Waals surface area contributed by atoms with Crippen LogP contribution in [0, 0.1) is 11.3 Å². The van der Waals surface area contributed by atoms with Crippen LogP contribution in [-0.4, -0.2) is 69.8 Å². The Morgan fingerprint density at radius 2 is 1.50 bits per heavy atom. The Hall–Kier alpha value is -4.83. The second kappa shape index (κ2) is 17.6. The quantitative estimate of drug-likeness (QED) is 0.0584. The molecule has 1 unspecified atom stereocenters. The standard InChI is InChI=1S/C38H46N7O6P/c1-26(2)45(27(3)4)52(50-22-10-21-39)51-33(23-44-25-41-34-35(44)42-37(40)43-36(34)46)24-49-38(28-11-8-7-9-12-28,29-13-17-31(47-5)18-14-29)30-15-19-32(48-6)20-16-30/h7-9,11-20,25-27,33H,10,22-24H2,1-6H3,(H3,40,42,43,46)/t33-,52?/m1/s1. The summed E-state index contributed by atoms with van der Waals surface area (Å²) in [4.78, 5) is 23.9. The number of anilines is 1. The predicted octanol–water partition coefficient (Wildman–Crippen LogP) is 6.39. The van der Waals surface area contributed by atoms with Crippen molar-refractivity contribution in [1.82, 2.24) is 24.2 Å². The van der Waals surface area contributed by atoms with E-state index in [9.17, 15) is 10.1 Å². The van der Waals surface area contributed by atoms with Gasteiger partial charge >= 0.3 is 0 Å². The highest BCUT2D eigenvalue weighted by atomic mass is 31.2. The smallest absolute Gasteiger partial charge is 0.280 e. The van der Waals surface area contributed by atoms with Crippen LogP contribution in [-0.2, 0) is 25.9 Å². The molecular weight excluding hydrogens is 681 g/mol. The van der Waals surface area contributed by atoms with Crippen LogP contribution in [0.1, 0.15) is 50.8 Å². The lowest BCUT2D eigenvalue weighted by Crippen LogP contribution is -2.39. The van der Waals surface area contributed by atoms with Gasteiger partial charge < -0.3 is 33.6 Å². The zero-order valence-corrected chi connectivity index (χ0v) is 31.2. The number of benzene rings is 3. The van der Waals surface area contributed by atoms with Crippen molar-refractivity contribution < 1.29 is 23.3 Å². The van der Waals surface area contributed by atoms with Crippen LogP contribution < -0.4 is 20.8 Å². The summed E-state index contributed by atoms with van der Waals surface area (Å²) in [6.07, 6.45) is 1.08. The van der Waals surface area contributed by atoms with Crippen molar-refractivity contribution in [3.05, 3.63) is 112 Å². The first-order valence-corrected chi connectivity index (χ1v) is 18.2. The monoisotopic (exact) mass is 727 g/mol. The summed E-state index contributed by atoms with van der Waals surface area (Å²) in [6.45, 7) is 8.74. The van der Waals surface area contributed by atoms with Gasteiger partial charge in [0.2, 0.25) is 5.95 Å². The van der Waals surface area contributed by atoms with Gasteiger partial charge in [0.1, 0.15) is 23.2 Å². The minimum absolute atomic E-state index is 0.0250. The number of hydrogen-bond acceptors (Lipinski definition) is 11. The molecule has 0 amide bonds. The number of rotatable bonds is 18. The molecule has 0 radical (unpaired) electrons. The number of nitrogen functional groups attached to an aromatic ring is 1. The van der Waals surface area contributed by atoms with Gasteiger partial charge in [0.25, 0.3) is 14.1 Å². The highest BCUT2D eigenvalue weighted by molar-refractivity contribution is 7.44. The van der Waals surface area contributed by atoms with Crippen molar-refractivity contribution in [2.75, 3.05) is 33.2 Å². The number of nitrogens with one attached hydrogen (secondary N) is 1. The number of imidazole rings is 1. The molecule has 5 aromatic rings. The van der Waals surface area contributed by atoms with Gasteiger partial charge in [-0.1, -0.05) is 54.6 Å². The Labute approximate surface area is 305 Å². The molecule has 0 spiro atoms. The van der Waals surface area contributed by atoms with E-state index in [4.69, 9.17) is 29.0 Å². The van der Waals surface area contributed by atoms with Crippen LogP contribution in [0.2, 0.25) is 0 Å². The summed E-state index contributed by atoms with van der Waals surface area (Å²) in [6, 6.07) is 27.9. The van der Waals surface area contributed by atoms with Crippen molar-refractivity contribution in [3.63, 3.8) is 0 Å². The highest BCUT2D eigenvalue weighted by Gasteiger charge is 2.40. The van der Waals surface area contributed by atoms with Gasteiger partial charge in [0, 0.05) is 12.1 Å². The molecule has 2 heterocycles. The number of nitriles is 1. The van der Waals surface area contributed by atoms with Gasteiger partial charge in [-0.3, -0.25) is 9.78 Å². The first-order valence-electron chi connectivity index (χ1n) is 17.0. The van der Waals surface area contributed by atoms with Crippen LogP contribution in [0.4, 0.5) is 5.95 Å². The molecular formula is C38H46N7O6P. The van der Waals surface area contributed by atoms with Gasteiger partial charge in [-0.15, -0.1) is 0 Å². The van der Waals surface area contributed by atoms with E-state index in [1.165, 1.54) is 0 Å². The molecule has 52 heavy (non-hydrogen) atoms. The summed E-state index contributed by atoms with van der Waals surface area (Å²) in [7, 11) is 1.57. The molecule has 3 N–H and O–H groups in total. The largest absolute Gasteiger partial charge is 0.497 e. The van der Waals surface area contributed by atoms with E-state index in [0.29, 0.717) is 17.1 Å². The van der Waals surface area contributed by atoms with E-state index >= 15 is 0 Å². The summed E-state index contributed by atoms with van der Waals surface area (Å²) in [5.74, 6) is 1.39. The lowest BCUT2D eigenvalue weighted by molar-refractivity contribution is -0.0381. The molecule has 0 fully saturated rings. The molecule has 2 aromatic heterocycles. The molecule has 13 nitrogen and oxygen atoms in total. The highest BCUT2D eigenvalue weighted by Crippen LogP contribution is 2.48. The molecule has 0 aliphatic rings. The maximum absolute atomic E-state index is 12.7. The predicted molar refractivity (Wildman–Crippen MR) is 201 cm³/mol. The van der Waals surface area contributed by atoms with Crippen molar-refractivity contribution >= 4 is 25.6 Å². The number of aromatic amines is 1. The minimum atomic E-state index is -1.69. The third kappa shape index (κ3) is 8.61. The zero-order chi connectivity index (χ0) is 37.3. The third-order valence-corrected chi connectivity index (χ3v) is 10.6. The fourth-order valence-corrected chi connectivity index (χ4v) is 7.84. The third-order valence-electron chi connectivity index (χ3n) is 8.45. The van der Waals surface area contributed by atoms with E-state index in [0.717, 1.165) is 16.7 Å². The lowest BCUT2D eigenvalue weighted by atomic mass is 9.80. The zero-order valence-electron chi connectivity index (χ0n) is 30.4. The number of ether oxygens (including phenoxy) is 3. The molecule has 0 aliphatic heterocycles. The second-order valence-corrected chi connectivity index (χ2v) is 14.0. The summed E-state index contributed by atoms with van der Waals surface area (Å²) < 4.78 is 35.5. The van der Waals surface area contributed by atoms with Gasteiger partial charge in [0.15, 0.2) is 11.2 Å². The van der Waals surface area contributed by atoms with E-state index in [2.05, 4.69) is 53.4 Å². The molecule has 3 aromatic carbocycles. The Morgan fingerprint density at radius 1 is 0.923 bits per heavy atom. The van der Waals surface area contributed by atoms with Crippen LogP contribution in [0.15, 0.2) is 90.0 Å².